The van der Waals surface area contributed by atoms with Crippen molar-refractivity contribution >= 4 is 63.6 Å². The molecule has 2 rings (SSSR count). The number of carbonyl (C=O) groups excluding carboxylic acids is 1. The molecule has 0 aromatic heterocycles. The van der Waals surface area contributed by atoms with Crippen molar-refractivity contribution in [3.63, 3.8) is 0 Å². The lowest BCUT2D eigenvalue weighted by molar-refractivity contribution is -0.126. The van der Waals surface area contributed by atoms with E-state index in [0.29, 0.717) is 44.3 Å². The Kier molecular flexibility index (Phi) is 9.82. The van der Waals surface area contributed by atoms with E-state index in [0.717, 1.165) is 36.8 Å². The van der Waals surface area contributed by atoms with Gasteiger partial charge in [-0.3, -0.25) is 4.79 Å². The van der Waals surface area contributed by atoms with E-state index < -0.39 is 0 Å². The van der Waals surface area contributed by atoms with Crippen LogP contribution in [0.2, 0.25) is 20.1 Å². The second-order valence-electron chi connectivity index (χ2n) is 8.65. The molecule has 0 saturated heterocycles. The number of rotatable bonds is 9. The van der Waals surface area contributed by atoms with Crippen LogP contribution in [0, 0.1) is 5.41 Å². The molecule has 0 amide bonds. The second-order valence-corrected chi connectivity index (χ2v) is 10.3. The van der Waals surface area contributed by atoms with Gasteiger partial charge < -0.3 is 0 Å². The van der Waals surface area contributed by atoms with Crippen LogP contribution in [0.5, 0.6) is 0 Å². The molecule has 0 spiro atoms. The number of azo groups is 1. The first-order valence-corrected chi connectivity index (χ1v) is 11.9. The Bertz CT molecular complexity index is 919. The van der Waals surface area contributed by atoms with Crippen LogP contribution in [-0.4, -0.2) is 5.78 Å². The number of hydrogen-bond acceptors (Lipinski definition) is 3. The third-order valence-electron chi connectivity index (χ3n) is 4.93. The Hall–Kier alpha value is -1.13. The molecule has 3 nitrogen and oxygen atoms in total. The summed E-state index contributed by atoms with van der Waals surface area (Å²) in [6.45, 7) is 7.93. The summed E-state index contributed by atoms with van der Waals surface area (Å²) in [5, 5.41) is 10.1. The predicted octanol–water partition coefficient (Wildman–Crippen LogP) is 10.00. The fourth-order valence-electron chi connectivity index (χ4n) is 3.02. The van der Waals surface area contributed by atoms with Gasteiger partial charge in [0.2, 0.25) is 0 Å². The normalized spacial score (nSPS) is 12.0. The highest BCUT2D eigenvalue weighted by Gasteiger charge is 2.20. The first-order chi connectivity index (χ1) is 14.5. The van der Waals surface area contributed by atoms with Gasteiger partial charge in [0.15, 0.2) is 0 Å². The number of ketones is 1. The Morgan fingerprint density at radius 3 is 1.52 bits per heavy atom. The molecule has 7 heteroatoms. The van der Waals surface area contributed by atoms with Crippen LogP contribution >= 0.6 is 46.4 Å². The zero-order chi connectivity index (χ0) is 23.2. The molecule has 0 N–H and O–H groups in total. The minimum absolute atomic E-state index is 0.240. The molecule has 168 valence electrons. The molecule has 0 aliphatic rings. The fourth-order valence-corrected chi connectivity index (χ4v) is 4.24. The largest absolute Gasteiger partial charge is 0.299 e. The zero-order valence-corrected chi connectivity index (χ0v) is 21.4. The first kappa shape index (κ1) is 26.1. The molecule has 0 saturated carbocycles. The van der Waals surface area contributed by atoms with Gasteiger partial charge in [-0.25, -0.2) is 0 Å². The van der Waals surface area contributed by atoms with Crippen molar-refractivity contribution in [1.29, 1.82) is 0 Å². The third-order valence-corrected chi connectivity index (χ3v) is 6.08. The Morgan fingerprint density at radius 1 is 0.774 bits per heavy atom. The van der Waals surface area contributed by atoms with Crippen LogP contribution < -0.4 is 0 Å². The van der Waals surface area contributed by atoms with Gasteiger partial charge in [0.05, 0.1) is 20.1 Å². The van der Waals surface area contributed by atoms with Crippen molar-refractivity contribution < 1.29 is 4.79 Å². The lowest BCUT2D eigenvalue weighted by Gasteiger charge is -2.16. The van der Waals surface area contributed by atoms with Gasteiger partial charge in [-0.1, -0.05) is 80.5 Å². The van der Waals surface area contributed by atoms with Crippen molar-refractivity contribution in [2.45, 2.75) is 66.2 Å². The van der Waals surface area contributed by atoms with Gasteiger partial charge in [-0.15, -0.1) is 10.2 Å². The maximum absolute atomic E-state index is 12.1. The van der Waals surface area contributed by atoms with E-state index in [2.05, 4.69) is 17.2 Å². The Labute approximate surface area is 205 Å². The number of hydrogen-bond donors (Lipinski definition) is 0. The number of unbranched alkanes of at least 4 members (excludes halogenated alkanes) is 1. The first-order valence-electron chi connectivity index (χ1n) is 10.4. The smallest absolute Gasteiger partial charge is 0.138 e. The van der Waals surface area contributed by atoms with E-state index in [4.69, 9.17) is 46.4 Å². The van der Waals surface area contributed by atoms with Crippen molar-refractivity contribution in [3.05, 3.63) is 55.5 Å². The van der Waals surface area contributed by atoms with Crippen LogP contribution in [0.15, 0.2) is 34.5 Å². The molecule has 0 unspecified atom stereocenters. The highest BCUT2D eigenvalue weighted by Crippen LogP contribution is 2.39. The van der Waals surface area contributed by atoms with E-state index in [-0.39, 0.29) is 11.2 Å². The average molecular weight is 502 g/mol. The van der Waals surface area contributed by atoms with Crippen LogP contribution in [0.3, 0.4) is 0 Å². The van der Waals surface area contributed by atoms with Gasteiger partial charge in [0.25, 0.3) is 0 Å². The minimum atomic E-state index is -0.323. The van der Waals surface area contributed by atoms with Crippen LogP contribution in [-0.2, 0) is 17.6 Å². The predicted molar refractivity (Wildman–Crippen MR) is 133 cm³/mol. The monoisotopic (exact) mass is 500 g/mol. The van der Waals surface area contributed by atoms with Crippen molar-refractivity contribution in [2.75, 3.05) is 0 Å². The summed E-state index contributed by atoms with van der Waals surface area (Å²) >= 11 is 25.5. The standard InChI is InChI=1S/C24H28Cl4N2O/c1-5-6-8-15-11-17(25)22(18(26)12-15)29-30-23-19(27)13-16(14-20(23)28)9-7-10-21(31)24(2,3)4/h11-14H,5-10H2,1-4H3. The van der Waals surface area contributed by atoms with Gasteiger partial charge >= 0.3 is 0 Å². The van der Waals surface area contributed by atoms with E-state index in [1.165, 1.54) is 0 Å². The summed E-state index contributed by atoms with van der Waals surface area (Å²) in [5.41, 5.74) is 2.45. The molecule has 0 fully saturated rings. The number of carbonyl (C=O) groups is 1. The Morgan fingerprint density at radius 2 is 1.16 bits per heavy atom. The maximum Gasteiger partial charge on any atom is 0.138 e. The van der Waals surface area contributed by atoms with E-state index >= 15 is 0 Å². The molecule has 0 heterocycles. The van der Waals surface area contributed by atoms with Crippen LogP contribution in [0.4, 0.5) is 11.4 Å². The van der Waals surface area contributed by atoms with E-state index in [1.54, 1.807) is 12.1 Å². The summed E-state index contributed by atoms with van der Waals surface area (Å²) in [6.07, 6.45) is 5.03. The molecule has 31 heavy (non-hydrogen) atoms. The summed E-state index contributed by atoms with van der Waals surface area (Å²) in [5.74, 6) is 0.240. The molecule has 2 aromatic rings. The van der Waals surface area contributed by atoms with Crippen LogP contribution in [0.1, 0.15) is 64.5 Å². The molecule has 0 aliphatic heterocycles. The average Bonchev–Trinajstić information content (AvgIpc) is 2.66. The van der Waals surface area contributed by atoms with Gasteiger partial charge in [-0.05, 0) is 61.1 Å². The van der Waals surface area contributed by atoms with Gasteiger partial charge in [0, 0.05) is 11.8 Å². The molecule has 0 bridgehead atoms. The number of nitrogens with zero attached hydrogens (tertiary/aromatic N) is 2. The zero-order valence-electron chi connectivity index (χ0n) is 18.4. The van der Waals surface area contributed by atoms with Crippen molar-refractivity contribution in [3.8, 4) is 0 Å². The highest BCUT2D eigenvalue weighted by molar-refractivity contribution is 6.39. The maximum atomic E-state index is 12.1. The van der Waals surface area contributed by atoms with E-state index in [1.807, 2.05) is 32.9 Å². The second kappa shape index (κ2) is 11.7. The summed E-state index contributed by atoms with van der Waals surface area (Å²) in [4.78, 5) is 12.1. The summed E-state index contributed by atoms with van der Waals surface area (Å²) < 4.78 is 0. The summed E-state index contributed by atoms with van der Waals surface area (Å²) in [7, 11) is 0. The van der Waals surface area contributed by atoms with Gasteiger partial charge in [0.1, 0.15) is 17.2 Å². The molecule has 0 radical (unpaired) electrons. The lowest BCUT2D eigenvalue weighted by atomic mass is 9.87. The fraction of sp³-hybridized carbons (Fsp3) is 0.458. The molecular formula is C24H28Cl4N2O. The van der Waals surface area contributed by atoms with Crippen LogP contribution in [0.25, 0.3) is 0 Å². The lowest BCUT2D eigenvalue weighted by Crippen LogP contribution is -2.19. The molecular weight excluding hydrogens is 474 g/mol. The van der Waals surface area contributed by atoms with Crippen molar-refractivity contribution in [2.24, 2.45) is 15.6 Å². The number of aryl methyl sites for hydroxylation is 2. The summed E-state index contributed by atoms with van der Waals surface area (Å²) in [6, 6.07) is 7.34. The highest BCUT2D eigenvalue weighted by atomic mass is 35.5. The molecule has 2 aromatic carbocycles. The minimum Gasteiger partial charge on any atom is -0.299 e. The van der Waals surface area contributed by atoms with Crippen molar-refractivity contribution in [1.82, 2.24) is 0 Å². The van der Waals surface area contributed by atoms with E-state index in [9.17, 15) is 4.79 Å². The number of benzene rings is 2. The number of halogens is 4. The van der Waals surface area contributed by atoms with Gasteiger partial charge in [-0.2, -0.15) is 0 Å². The Balaban J connectivity index is 2.14. The topological polar surface area (TPSA) is 41.8 Å². The molecule has 0 atom stereocenters. The molecule has 0 aliphatic carbocycles. The quantitative estimate of drug-likeness (QED) is 0.315. The third kappa shape index (κ3) is 7.75. The number of Topliss-reactive ketones (excluding diaryl/α,β-unsaturated/α-hetero) is 1. The SMILES string of the molecule is CCCCc1cc(Cl)c(N=Nc2c(Cl)cc(CCCC(=O)C(C)(C)C)cc2Cl)c(Cl)c1.